The number of rotatable bonds is 3. The van der Waals surface area contributed by atoms with Crippen LogP contribution in [0.2, 0.25) is 0 Å². The SMILES string of the molecule is SCc1coc(CS)c1CS. The summed E-state index contributed by atoms with van der Waals surface area (Å²) in [6.45, 7) is 0. The van der Waals surface area contributed by atoms with Gasteiger partial charge in [-0.05, 0) is 0 Å². The summed E-state index contributed by atoms with van der Waals surface area (Å²) in [4.78, 5) is 0. The van der Waals surface area contributed by atoms with Gasteiger partial charge in [-0.25, -0.2) is 0 Å². The van der Waals surface area contributed by atoms with Crippen LogP contribution in [-0.2, 0) is 17.3 Å². The lowest BCUT2D eigenvalue weighted by molar-refractivity contribution is 0.526. The van der Waals surface area contributed by atoms with Crippen LogP contribution in [-0.4, -0.2) is 0 Å². The Morgan fingerprint density at radius 1 is 1.09 bits per heavy atom. The van der Waals surface area contributed by atoms with Gasteiger partial charge in [0, 0.05) is 28.4 Å². The Kier molecular flexibility index (Phi) is 3.75. The normalized spacial score (nSPS) is 10.5. The fourth-order valence-electron chi connectivity index (χ4n) is 0.919. The molecule has 0 aromatic carbocycles. The molecule has 1 heterocycles. The van der Waals surface area contributed by atoms with Gasteiger partial charge < -0.3 is 4.42 Å². The highest BCUT2D eigenvalue weighted by molar-refractivity contribution is 7.80. The van der Waals surface area contributed by atoms with Gasteiger partial charge in [-0.15, -0.1) is 0 Å². The highest BCUT2D eigenvalue weighted by Gasteiger charge is 2.08. The Morgan fingerprint density at radius 2 is 1.82 bits per heavy atom. The van der Waals surface area contributed by atoms with Crippen LogP contribution < -0.4 is 0 Å². The second-order valence-electron chi connectivity index (χ2n) is 2.14. The Bertz CT molecular complexity index is 210. The first kappa shape index (κ1) is 9.42. The van der Waals surface area contributed by atoms with E-state index < -0.39 is 0 Å². The molecule has 1 nitrogen and oxygen atoms in total. The van der Waals surface area contributed by atoms with Gasteiger partial charge >= 0.3 is 0 Å². The van der Waals surface area contributed by atoms with Crippen molar-refractivity contribution < 1.29 is 4.42 Å². The van der Waals surface area contributed by atoms with Crippen molar-refractivity contribution in [3.05, 3.63) is 23.2 Å². The molecule has 0 saturated carbocycles. The highest BCUT2D eigenvalue weighted by atomic mass is 32.1. The summed E-state index contributed by atoms with van der Waals surface area (Å²) >= 11 is 12.5. The van der Waals surface area contributed by atoms with E-state index in [1.807, 2.05) is 0 Å². The Labute approximate surface area is 82.8 Å². The third kappa shape index (κ3) is 1.92. The minimum atomic E-state index is 0.629. The third-order valence-electron chi connectivity index (χ3n) is 1.54. The molecule has 0 aliphatic carbocycles. The van der Waals surface area contributed by atoms with Crippen LogP contribution >= 0.6 is 37.9 Å². The van der Waals surface area contributed by atoms with Crippen LogP contribution in [0.25, 0.3) is 0 Å². The lowest BCUT2D eigenvalue weighted by Crippen LogP contribution is -1.85. The smallest absolute Gasteiger partial charge is 0.117 e. The van der Waals surface area contributed by atoms with Gasteiger partial charge in [0.2, 0.25) is 0 Å². The van der Waals surface area contributed by atoms with Gasteiger partial charge in [0.1, 0.15) is 5.76 Å². The largest absolute Gasteiger partial charge is 0.468 e. The summed E-state index contributed by atoms with van der Waals surface area (Å²) in [7, 11) is 0. The zero-order valence-corrected chi connectivity index (χ0v) is 8.63. The fraction of sp³-hybridized carbons (Fsp3) is 0.429. The van der Waals surface area contributed by atoms with Crippen molar-refractivity contribution in [3.63, 3.8) is 0 Å². The molecular formula is C7H10OS3. The molecule has 0 atom stereocenters. The summed E-state index contributed by atoms with van der Waals surface area (Å²) < 4.78 is 5.25. The van der Waals surface area contributed by atoms with E-state index in [4.69, 9.17) is 4.42 Å². The second-order valence-corrected chi connectivity index (χ2v) is 3.09. The summed E-state index contributed by atoms with van der Waals surface area (Å²) in [5.74, 6) is 2.94. The van der Waals surface area contributed by atoms with Gasteiger partial charge in [0.15, 0.2) is 0 Å². The molecule has 0 spiro atoms. The Balaban J connectivity index is 2.99. The van der Waals surface area contributed by atoms with Crippen molar-refractivity contribution in [2.45, 2.75) is 17.3 Å². The van der Waals surface area contributed by atoms with Crippen molar-refractivity contribution >= 4 is 37.9 Å². The molecule has 11 heavy (non-hydrogen) atoms. The molecule has 0 bridgehead atoms. The van der Waals surface area contributed by atoms with E-state index in [1.165, 1.54) is 0 Å². The summed E-state index contributed by atoms with van der Waals surface area (Å²) in [6.07, 6.45) is 1.73. The molecule has 0 radical (unpaired) electrons. The van der Waals surface area contributed by atoms with Crippen molar-refractivity contribution in [1.82, 2.24) is 0 Å². The van der Waals surface area contributed by atoms with Crippen molar-refractivity contribution in [2.75, 3.05) is 0 Å². The van der Waals surface area contributed by atoms with Crippen LogP contribution in [0.5, 0.6) is 0 Å². The first-order valence-corrected chi connectivity index (χ1v) is 5.14. The van der Waals surface area contributed by atoms with Crippen LogP contribution in [0.3, 0.4) is 0 Å². The lowest BCUT2D eigenvalue weighted by atomic mass is 10.2. The van der Waals surface area contributed by atoms with Gasteiger partial charge in [-0.3, -0.25) is 0 Å². The molecule has 0 amide bonds. The first-order valence-electron chi connectivity index (χ1n) is 3.24. The standard InChI is InChI=1S/C7H10OS3/c9-2-5-1-8-7(4-11)6(5)3-10/h1,9-11H,2-4H2. The van der Waals surface area contributed by atoms with Crippen LogP contribution in [0.1, 0.15) is 16.9 Å². The van der Waals surface area contributed by atoms with E-state index >= 15 is 0 Å². The minimum absolute atomic E-state index is 0.629. The van der Waals surface area contributed by atoms with E-state index in [0.717, 1.165) is 16.9 Å². The zero-order valence-electron chi connectivity index (χ0n) is 5.95. The average molecular weight is 206 g/mol. The first-order chi connectivity index (χ1) is 5.33. The van der Waals surface area contributed by atoms with Crippen LogP contribution in [0.15, 0.2) is 10.7 Å². The molecule has 4 heteroatoms. The fourth-order valence-corrected chi connectivity index (χ4v) is 1.83. The van der Waals surface area contributed by atoms with E-state index in [-0.39, 0.29) is 0 Å². The topological polar surface area (TPSA) is 13.1 Å². The number of hydrogen-bond donors (Lipinski definition) is 3. The molecule has 0 N–H and O–H groups in total. The molecular weight excluding hydrogens is 196 g/mol. The van der Waals surface area contributed by atoms with Gasteiger partial charge in [0.25, 0.3) is 0 Å². The predicted octanol–water partition coefficient (Wildman–Crippen LogP) is 2.57. The Morgan fingerprint density at radius 3 is 2.27 bits per heavy atom. The van der Waals surface area contributed by atoms with E-state index in [1.54, 1.807) is 6.26 Å². The van der Waals surface area contributed by atoms with Crippen LogP contribution in [0.4, 0.5) is 0 Å². The number of furan rings is 1. The lowest BCUT2D eigenvalue weighted by Gasteiger charge is -1.96. The monoisotopic (exact) mass is 206 g/mol. The van der Waals surface area contributed by atoms with Gasteiger partial charge in [-0.2, -0.15) is 37.9 Å². The second kappa shape index (κ2) is 4.38. The molecule has 1 aromatic rings. The van der Waals surface area contributed by atoms with E-state index in [2.05, 4.69) is 37.9 Å². The molecule has 0 aliphatic heterocycles. The van der Waals surface area contributed by atoms with E-state index in [9.17, 15) is 0 Å². The maximum Gasteiger partial charge on any atom is 0.117 e. The molecule has 1 aromatic heterocycles. The maximum atomic E-state index is 5.25. The highest BCUT2D eigenvalue weighted by Crippen LogP contribution is 2.22. The quantitative estimate of drug-likeness (QED) is 0.646. The van der Waals surface area contributed by atoms with E-state index in [0.29, 0.717) is 17.3 Å². The molecule has 0 unspecified atom stereocenters. The average Bonchev–Trinajstić information content (AvgIpc) is 2.45. The summed E-state index contributed by atoms with van der Waals surface area (Å²) in [5.41, 5.74) is 2.26. The molecule has 0 saturated heterocycles. The third-order valence-corrected chi connectivity index (χ3v) is 2.48. The van der Waals surface area contributed by atoms with Crippen LogP contribution in [0, 0.1) is 0 Å². The van der Waals surface area contributed by atoms with Gasteiger partial charge in [-0.1, -0.05) is 0 Å². The Hall–Kier alpha value is 0.330. The summed E-state index contributed by atoms with van der Waals surface area (Å²) in [5, 5.41) is 0. The maximum absolute atomic E-state index is 5.25. The number of thiol groups is 3. The van der Waals surface area contributed by atoms with Crippen molar-refractivity contribution in [3.8, 4) is 0 Å². The molecule has 0 fully saturated rings. The van der Waals surface area contributed by atoms with Crippen molar-refractivity contribution in [1.29, 1.82) is 0 Å². The molecule has 0 aliphatic rings. The molecule has 1 rings (SSSR count). The zero-order chi connectivity index (χ0) is 8.27. The summed E-state index contributed by atoms with van der Waals surface area (Å²) in [6, 6.07) is 0. The predicted molar refractivity (Wildman–Crippen MR) is 56.8 cm³/mol. The molecule has 62 valence electrons. The number of hydrogen-bond acceptors (Lipinski definition) is 4. The van der Waals surface area contributed by atoms with Gasteiger partial charge in [0.05, 0.1) is 6.26 Å². The van der Waals surface area contributed by atoms with Crippen molar-refractivity contribution in [2.24, 2.45) is 0 Å². The minimum Gasteiger partial charge on any atom is -0.468 e.